The average molecular weight is 266 g/mol. The maximum absolute atomic E-state index is 11.9. The van der Waals surface area contributed by atoms with Crippen molar-refractivity contribution >= 4 is 17.7 Å². The molecule has 0 aliphatic carbocycles. The number of carboxylic acid groups (broad SMARTS) is 1. The molecule has 1 rings (SSSR count). The van der Waals surface area contributed by atoms with Crippen LogP contribution >= 0.6 is 0 Å². The van der Waals surface area contributed by atoms with Crippen LogP contribution in [0.4, 0.5) is 10.5 Å². The Kier molecular flexibility index (Phi) is 5.32. The first-order valence-corrected chi connectivity index (χ1v) is 6.00. The highest BCUT2D eigenvalue weighted by atomic mass is 16.4. The molecule has 6 nitrogen and oxygen atoms in total. The number of aliphatic hydroxyl groups is 1. The van der Waals surface area contributed by atoms with Crippen LogP contribution in [0.3, 0.4) is 0 Å². The number of amides is 2. The molecule has 0 radical (unpaired) electrons. The summed E-state index contributed by atoms with van der Waals surface area (Å²) in [5.74, 6) is -1.00. The summed E-state index contributed by atoms with van der Waals surface area (Å²) >= 11 is 0. The predicted molar refractivity (Wildman–Crippen MR) is 71.5 cm³/mol. The fourth-order valence-electron chi connectivity index (χ4n) is 1.66. The molecule has 0 fully saturated rings. The van der Waals surface area contributed by atoms with Crippen LogP contribution in [0.5, 0.6) is 0 Å². The highest BCUT2D eigenvalue weighted by Gasteiger charge is 2.13. The molecular formula is C13H18N2O4. The van der Waals surface area contributed by atoms with E-state index in [2.05, 4.69) is 5.32 Å². The van der Waals surface area contributed by atoms with Crippen LogP contribution in [0.25, 0.3) is 0 Å². The molecule has 0 aromatic heterocycles. The maximum Gasteiger partial charge on any atom is 0.335 e. The summed E-state index contributed by atoms with van der Waals surface area (Å²) in [5, 5.41) is 20.4. The summed E-state index contributed by atoms with van der Waals surface area (Å²) in [6.45, 7) is 4.19. The molecule has 0 saturated carbocycles. The van der Waals surface area contributed by atoms with Crippen LogP contribution in [0.2, 0.25) is 0 Å². The van der Waals surface area contributed by atoms with Crippen molar-refractivity contribution in [2.75, 3.05) is 25.0 Å². The van der Waals surface area contributed by atoms with Crippen molar-refractivity contribution in [2.24, 2.45) is 0 Å². The predicted octanol–water partition coefficient (Wildman–Crippen LogP) is 1.54. The van der Waals surface area contributed by atoms with Gasteiger partial charge in [0.15, 0.2) is 0 Å². The Bertz CT molecular complexity index is 474. The number of carboxylic acids is 1. The first kappa shape index (κ1) is 15.0. The van der Waals surface area contributed by atoms with Crippen LogP contribution in [0.15, 0.2) is 18.2 Å². The van der Waals surface area contributed by atoms with Gasteiger partial charge in [-0.1, -0.05) is 0 Å². The number of hydrogen-bond acceptors (Lipinski definition) is 3. The minimum Gasteiger partial charge on any atom is -0.478 e. The molecule has 6 heteroatoms. The Balaban J connectivity index is 2.82. The Labute approximate surface area is 111 Å². The second-order valence-electron chi connectivity index (χ2n) is 4.07. The van der Waals surface area contributed by atoms with Crippen molar-refractivity contribution in [1.82, 2.24) is 4.90 Å². The van der Waals surface area contributed by atoms with E-state index in [1.165, 1.54) is 17.0 Å². The first-order chi connectivity index (χ1) is 8.99. The molecule has 3 N–H and O–H groups in total. The third-order valence-corrected chi connectivity index (χ3v) is 2.75. The summed E-state index contributed by atoms with van der Waals surface area (Å²) in [6.07, 6.45) is 0. The lowest BCUT2D eigenvalue weighted by Crippen LogP contribution is -2.36. The number of likely N-dealkylation sites (N-methyl/N-ethyl adjacent to an activating group) is 1. The number of carbonyl (C=O) groups is 2. The van der Waals surface area contributed by atoms with Crippen LogP contribution < -0.4 is 5.32 Å². The average Bonchev–Trinajstić information content (AvgIpc) is 2.37. The molecular weight excluding hydrogens is 248 g/mol. The molecule has 19 heavy (non-hydrogen) atoms. The monoisotopic (exact) mass is 266 g/mol. The fraction of sp³-hybridized carbons (Fsp3) is 0.385. The largest absolute Gasteiger partial charge is 0.478 e. The van der Waals surface area contributed by atoms with Gasteiger partial charge < -0.3 is 20.4 Å². The number of aliphatic hydroxyl groups excluding tert-OH is 1. The van der Waals surface area contributed by atoms with Gasteiger partial charge in [-0.2, -0.15) is 0 Å². The van der Waals surface area contributed by atoms with Crippen LogP contribution in [0, 0.1) is 6.92 Å². The van der Waals surface area contributed by atoms with Crippen LogP contribution in [0.1, 0.15) is 22.8 Å². The van der Waals surface area contributed by atoms with Gasteiger partial charge in [-0.15, -0.1) is 0 Å². The van der Waals surface area contributed by atoms with E-state index in [1.54, 1.807) is 13.0 Å². The van der Waals surface area contributed by atoms with Gasteiger partial charge in [-0.25, -0.2) is 9.59 Å². The Morgan fingerprint density at radius 1 is 1.37 bits per heavy atom. The third kappa shape index (κ3) is 3.96. The van der Waals surface area contributed by atoms with Crippen molar-refractivity contribution in [3.05, 3.63) is 29.3 Å². The second kappa shape index (κ2) is 6.75. The van der Waals surface area contributed by atoms with Gasteiger partial charge in [-0.3, -0.25) is 0 Å². The Morgan fingerprint density at radius 3 is 2.53 bits per heavy atom. The maximum atomic E-state index is 11.9. The highest BCUT2D eigenvalue weighted by molar-refractivity contribution is 5.92. The summed E-state index contributed by atoms with van der Waals surface area (Å²) in [6, 6.07) is 4.18. The lowest BCUT2D eigenvalue weighted by Gasteiger charge is -2.21. The standard InChI is InChI=1S/C13H18N2O4/c1-3-15(6-7-16)13(19)14-11-5-4-10(12(17)18)8-9(11)2/h4-5,8,16H,3,6-7H2,1-2H3,(H,14,19)(H,17,18). The molecule has 0 aliphatic heterocycles. The number of urea groups is 1. The molecule has 0 saturated heterocycles. The normalized spacial score (nSPS) is 10.1. The number of rotatable bonds is 5. The van der Waals surface area contributed by atoms with Gasteiger partial charge in [0.05, 0.1) is 12.2 Å². The van der Waals surface area contributed by atoms with Gasteiger partial charge in [0.25, 0.3) is 0 Å². The van der Waals surface area contributed by atoms with E-state index in [-0.39, 0.29) is 24.7 Å². The van der Waals surface area contributed by atoms with E-state index in [1.807, 2.05) is 6.92 Å². The quantitative estimate of drug-likeness (QED) is 0.754. The van der Waals surface area contributed by atoms with Crippen molar-refractivity contribution in [3.8, 4) is 0 Å². The number of hydrogen-bond donors (Lipinski definition) is 3. The minimum atomic E-state index is -1.00. The van der Waals surface area contributed by atoms with Gasteiger partial charge in [0, 0.05) is 18.8 Å². The fourth-order valence-corrected chi connectivity index (χ4v) is 1.66. The number of aryl methyl sites for hydroxylation is 1. The zero-order chi connectivity index (χ0) is 14.4. The lowest BCUT2D eigenvalue weighted by atomic mass is 10.1. The van der Waals surface area contributed by atoms with E-state index >= 15 is 0 Å². The molecule has 0 bridgehead atoms. The number of carbonyl (C=O) groups excluding carboxylic acids is 1. The third-order valence-electron chi connectivity index (χ3n) is 2.75. The zero-order valence-corrected chi connectivity index (χ0v) is 11.0. The van der Waals surface area contributed by atoms with E-state index < -0.39 is 5.97 Å². The van der Waals surface area contributed by atoms with Gasteiger partial charge in [0.1, 0.15) is 0 Å². The molecule has 1 aromatic carbocycles. The van der Waals surface area contributed by atoms with E-state index in [0.29, 0.717) is 17.8 Å². The minimum absolute atomic E-state index is 0.0990. The van der Waals surface area contributed by atoms with Gasteiger partial charge in [0.2, 0.25) is 0 Å². The molecule has 0 aliphatic rings. The Morgan fingerprint density at radius 2 is 2.05 bits per heavy atom. The van der Waals surface area contributed by atoms with Crippen molar-refractivity contribution in [3.63, 3.8) is 0 Å². The van der Waals surface area contributed by atoms with E-state index in [9.17, 15) is 9.59 Å². The van der Waals surface area contributed by atoms with Crippen molar-refractivity contribution in [1.29, 1.82) is 0 Å². The zero-order valence-electron chi connectivity index (χ0n) is 11.0. The smallest absolute Gasteiger partial charge is 0.335 e. The van der Waals surface area contributed by atoms with Crippen molar-refractivity contribution in [2.45, 2.75) is 13.8 Å². The Hall–Kier alpha value is -2.08. The number of benzene rings is 1. The summed E-state index contributed by atoms with van der Waals surface area (Å²) in [7, 11) is 0. The van der Waals surface area contributed by atoms with Gasteiger partial charge in [-0.05, 0) is 37.6 Å². The summed E-state index contributed by atoms with van der Waals surface area (Å²) in [4.78, 5) is 24.2. The first-order valence-electron chi connectivity index (χ1n) is 6.00. The number of nitrogens with zero attached hydrogens (tertiary/aromatic N) is 1. The lowest BCUT2D eigenvalue weighted by molar-refractivity contribution is 0.0697. The summed E-state index contributed by atoms with van der Waals surface area (Å²) in [5.41, 5.74) is 1.41. The highest BCUT2D eigenvalue weighted by Crippen LogP contribution is 2.17. The van der Waals surface area contributed by atoms with Crippen molar-refractivity contribution < 1.29 is 19.8 Å². The number of anilines is 1. The topological polar surface area (TPSA) is 89.9 Å². The number of aromatic carboxylic acids is 1. The van der Waals surface area contributed by atoms with E-state index in [4.69, 9.17) is 10.2 Å². The van der Waals surface area contributed by atoms with Crippen LogP contribution in [-0.4, -0.2) is 46.8 Å². The molecule has 0 unspecified atom stereocenters. The van der Waals surface area contributed by atoms with E-state index in [0.717, 1.165) is 0 Å². The summed E-state index contributed by atoms with van der Waals surface area (Å²) < 4.78 is 0. The SMILES string of the molecule is CCN(CCO)C(=O)Nc1ccc(C(=O)O)cc1C. The molecule has 0 atom stereocenters. The molecule has 104 valence electrons. The second-order valence-corrected chi connectivity index (χ2v) is 4.07. The molecule has 2 amide bonds. The van der Waals surface area contributed by atoms with Gasteiger partial charge >= 0.3 is 12.0 Å². The number of nitrogens with one attached hydrogen (secondary N) is 1. The molecule has 0 spiro atoms. The molecule has 1 aromatic rings. The van der Waals surface area contributed by atoms with Crippen LogP contribution in [-0.2, 0) is 0 Å². The molecule has 0 heterocycles.